The van der Waals surface area contributed by atoms with Crippen LogP contribution in [0.25, 0.3) is 11.4 Å². The van der Waals surface area contributed by atoms with Gasteiger partial charge < -0.3 is 25.0 Å². The number of hydrogen-bond donors (Lipinski definition) is 2. The molecule has 0 saturated carbocycles. The van der Waals surface area contributed by atoms with Crippen molar-refractivity contribution in [3.8, 4) is 22.9 Å². The van der Waals surface area contributed by atoms with Gasteiger partial charge in [-0.2, -0.15) is 5.10 Å². The minimum Gasteiger partial charge on any atom is -0.492 e. The summed E-state index contributed by atoms with van der Waals surface area (Å²) in [5.41, 5.74) is 2.67. The number of benzene rings is 3. The Balaban J connectivity index is 1.26. The van der Waals surface area contributed by atoms with Crippen LogP contribution in [-0.4, -0.2) is 82.7 Å². The van der Waals surface area contributed by atoms with E-state index in [0.717, 1.165) is 11.1 Å². The van der Waals surface area contributed by atoms with Crippen LogP contribution in [0.2, 0.25) is 0 Å². The molecule has 2 aliphatic rings. The number of nitrogens with zero attached hydrogens (tertiary/aromatic N) is 5. The number of ether oxygens (including phenoxy) is 2. The van der Waals surface area contributed by atoms with Gasteiger partial charge in [0, 0.05) is 24.2 Å². The zero-order valence-corrected chi connectivity index (χ0v) is 26.8. The Kier molecular flexibility index (Phi) is 9.65. The maximum absolute atomic E-state index is 13.8. The lowest BCUT2D eigenvalue weighted by atomic mass is 10.1. The van der Waals surface area contributed by atoms with Gasteiger partial charge in [0.15, 0.2) is 12.4 Å². The third-order valence-electron chi connectivity index (χ3n) is 8.09. The highest BCUT2D eigenvalue weighted by atomic mass is 16.5. The summed E-state index contributed by atoms with van der Waals surface area (Å²) in [6, 6.07) is 21.3. The van der Waals surface area contributed by atoms with Gasteiger partial charge in [-0.15, -0.1) is 0 Å². The monoisotopic (exact) mass is 651 g/mol. The number of anilines is 1. The fourth-order valence-electron chi connectivity index (χ4n) is 5.64. The van der Waals surface area contributed by atoms with Gasteiger partial charge in [0.05, 0.1) is 24.8 Å². The Morgan fingerprint density at radius 2 is 1.77 bits per heavy atom. The molecule has 3 aromatic carbocycles. The second-order valence-electron chi connectivity index (χ2n) is 11.7. The SMILES string of the molecule is Cc1ccc2c(c1)N(CC(=O)N1CCCNC(=O)c3cccc(c3)OCCn3nc(-c4ccccc4)nc3[C@H](C)NC(=O)C1)C(=O)CO2. The number of rotatable bonds is 3. The first-order valence-electron chi connectivity index (χ1n) is 15.9. The van der Waals surface area contributed by atoms with Crippen LogP contribution in [0, 0.1) is 6.92 Å². The maximum Gasteiger partial charge on any atom is 0.265 e. The van der Waals surface area contributed by atoms with E-state index in [1.54, 1.807) is 41.1 Å². The first-order chi connectivity index (χ1) is 23.2. The van der Waals surface area contributed by atoms with Crippen molar-refractivity contribution in [1.82, 2.24) is 30.3 Å². The van der Waals surface area contributed by atoms with E-state index >= 15 is 0 Å². The zero-order chi connectivity index (χ0) is 33.6. The van der Waals surface area contributed by atoms with Gasteiger partial charge in [-0.05, 0) is 56.2 Å². The third kappa shape index (κ3) is 7.46. The molecule has 13 heteroatoms. The average molecular weight is 652 g/mol. The number of aryl methyl sites for hydroxylation is 1. The van der Waals surface area contributed by atoms with Crippen LogP contribution in [0.4, 0.5) is 5.69 Å². The highest BCUT2D eigenvalue weighted by Gasteiger charge is 2.30. The zero-order valence-electron chi connectivity index (χ0n) is 26.8. The fourth-order valence-corrected chi connectivity index (χ4v) is 5.64. The van der Waals surface area contributed by atoms with Gasteiger partial charge in [-0.1, -0.05) is 42.5 Å². The van der Waals surface area contributed by atoms with Crippen molar-refractivity contribution in [3.63, 3.8) is 0 Å². The van der Waals surface area contributed by atoms with Crippen molar-refractivity contribution in [1.29, 1.82) is 0 Å². The summed E-state index contributed by atoms with van der Waals surface area (Å²) in [5.74, 6) is 0.586. The molecule has 0 unspecified atom stereocenters. The molecular weight excluding hydrogens is 614 g/mol. The fraction of sp³-hybridized carbons (Fsp3) is 0.314. The Morgan fingerprint density at radius 1 is 0.958 bits per heavy atom. The molecule has 2 bridgehead atoms. The van der Waals surface area contributed by atoms with Gasteiger partial charge in [0.1, 0.15) is 30.5 Å². The van der Waals surface area contributed by atoms with Gasteiger partial charge in [-0.3, -0.25) is 24.1 Å². The van der Waals surface area contributed by atoms with Gasteiger partial charge >= 0.3 is 0 Å². The quantitative estimate of drug-likeness (QED) is 0.344. The number of nitrogens with one attached hydrogen (secondary N) is 2. The topological polar surface area (TPSA) is 148 Å². The normalized spacial score (nSPS) is 17.5. The second kappa shape index (κ2) is 14.4. The van der Waals surface area contributed by atoms with Crippen molar-refractivity contribution in [2.45, 2.75) is 32.9 Å². The molecule has 0 aliphatic carbocycles. The van der Waals surface area contributed by atoms with Gasteiger partial charge in [0.25, 0.3) is 11.8 Å². The van der Waals surface area contributed by atoms with Crippen LogP contribution < -0.4 is 25.0 Å². The largest absolute Gasteiger partial charge is 0.492 e. The molecule has 3 heterocycles. The van der Waals surface area contributed by atoms with Crippen molar-refractivity contribution in [3.05, 3.63) is 89.7 Å². The second-order valence-corrected chi connectivity index (χ2v) is 11.7. The lowest BCUT2D eigenvalue weighted by Crippen LogP contribution is -2.49. The summed E-state index contributed by atoms with van der Waals surface area (Å²) in [6.45, 7) is 3.96. The van der Waals surface area contributed by atoms with E-state index in [-0.39, 0.29) is 51.2 Å². The number of carbonyl (C=O) groups is 4. The van der Waals surface area contributed by atoms with Crippen molar-refractivity contribution < 1.29 is 28.7 Å². The third-order valence-corrected chi connectivity index (χ3v) is 8.09. The molecule has 2 aliphatic heterocycles. The summed E-state index contributed by atoms with van der Waals surface area (Å²) in [4.78, 5) is 60.7. The number of amides is 4. The summed E-state index contributed by atoms with van der Waals surface area (Å²) in [7, 11) is 0. The van der Waals surface area contributed by atoms with Crippen LogP contribution in [0.1, 0.15) is 41.1 Å². The molecule has 0 fully saturated rings. The minimum atomic E-state index is -0.559. The first kappa shape index (κ1) is 32.2. The van der Waals surface area contributed by atoms with Gasteiger partial charge in [-0.25, -0.2) is 9.67 Å². The smallest absolute Gasteiger partial charge is 0.265 e. The maximum atomic E-state index is 13.8. The van der Waals surface area contributed by atoms with Crippen molar-refractivity contribution in [2.24, 2.45) is 0 Å². The average Bonchev–Trinajstić information content (AvgIpc) is 3.52. The number of aromatic nitrogens is 3. The molecule has 48 heavy (non-hydrogen) atoms. The molecule has 2 N–H and O–H groups in total. The molecule has 6 rings (SSSR count). The number of carbonyl (C=O) groups excluding carboxylic acids is 4. The number of hydrogen-bond acceptors (Lipinski definition) is 8. The van der Waals surface area contributed by atoms with E-state index in [9.17, 15) is 19.2 Å². The van der Waals surface area contributed by atoms with E-state index in [1.807, 2.05) is 50.2 Å². The summed E-state index contributed by atoms with van der Waals surface area (Å²) >= 11 is 0. The summed E-state index contributed by atoms with van der Waals surface area (Å²) in [6.07, 6.45) is 0.373. The van der Waals surface area contributed by atoms with E-state index < -0.39 is 17.9 Å². The predicted molar refractivity (Wildman–Crippen MR) is 177 cm³/mol. The van der Waals surface area contributed by atoms with Crippen LogP contribution in [0.3, 0.4) is 0 Å². The van der Waals surface area contributed by atoms with E-state index in [2.05, 4.69) is 10.6 Å². The molecule has 4 amide bonds. The Labute approximate surface area is 277 Å². The van der Waals surface area contributed by atoms with Crippen LogP contribution >= 0.6 is 0 Å². The predicted octanol–water partition coefficient (Wildman–Crippen LogP) is 2.90. The lowest BCUT2D eigenvalue weighted by Gasteiger charge is -2.31. The molecule has 1 aromatic heterocycles. The van der Waals surface area contributed by atoms with Crippen LogP contribution in [0.5, 0.6) is 11.5 Å². The molecule has 0 spiro atoms. The van der Waals surface area contributed by atoms with E-state index in [4.69, 9.17) is 19.6 Å². The van der Waals surface area contributed by atoms with Crippen LogP contribution in [-0.2, 0) is 20.9 Å². The first-order valence-corrected chi connectivity index (χ1v) is 15.9. The molecule has 1 atom stereocenters. The molecule has 0 saturated heterocycles. The molecule has 13 nitrogen and oxygen atoms in total. The lowest BCUT2D eigenvalue weighted by molar-refractivity contribution is -0.136. The van der Waals surface area contributed by atoms with E-state index in [0.29, 0.717) is 47.4 Å². The van der Waals surface area contributed by atoms with Crippen molar-refractivity contribution in [2.75, 3.05) is 44.3 Å². The van der Waals surface area contributed by atoms with E-state index in [1.165, 1.54) is 9.80 Å². The highest BCUT2D eigenvalue weighted by Crippen LogP contribution is 2.33. The highest BCUT2D eigenvalue weighted by molar-refractivity contribution is 6.02. The summed E-state index contributed by atoms with van der Waals surface area (Å²) in [5, 5.41) is 10.6. The number of fused-ring (bicyclic) bond motifs is 4. The Morgan fingerprint density at radius 3 is 2.60 bits per heavy atom. The standard InChI is InChI=1S/C35H37N7O6/c1-23-12-13-29-28(18-23)41(32(45)22-48-29)21-31(44)40-15-7-14-36-35(46)26-10-6-11-27(19-26)47-17-16-42-34(24(2)37-30(43)20-40)38-33(39-42)25-8-4-3-5-9-25/h3-6,8-13,18-19,24H,7,14-17,20-22H2,1-2H3,(H,36,46)(H,37,43)/t24-/m0/s1. The van der Waals surface area contributed by atoms with Gasteiger partial charge in [0.2, 0.25) is 11.8 Å². The summed E-state index contributed by atoms with van der Waals surface area (Å²) < 4.78 is 13.2. The molecule has 248 valence electrons. The Hall–Kier alpha value is -5.72. The molecule has 4 aromatic rings. The molecular formula is C35H37N7O6. The van der Waals surface area contributed by atoms with Crippen molar-refractivity contribution >= 4 is 29.3 Å². The minimum absolute atomic E-state index is 0.164. The Bertz CT molecular complexity index is 1830. The van der Waals surface area contributed by atoms with Crippen LogP contribution in [0.15, 0.2) is 72.8 Å². The molecule has 0 radical (unpaired) electrons.